The van der Waals surface area contributed by atoms with Crippen LogP contribution in [0.5, 0.6) is 0 Å². The van der Waals surface area contributed by atoms with E-state index in [0.717, 1.165) is 56.1 Å². The lowest BCUT2D eigenvalue weighted by Crippen LogP contribution is -2.54. The first-order valence-corrected chi connectivity index (χ1v) is 14.2. The quantitative estimate of drug-likeness (QED) is 0.557. The Balaban J connectivity index is 1.03. The molecule has 0 spiro atoms. The molecule has 0 atom stereocenters. The third-order valence-corrected chi connectivity index (χ3v) is 8.46. The number of nitrogens with one attached hydrogen (secondary N) is 1. The molecular weight excluding hydrogens is 490 g/mol. The van der Waals surface area contributed by atoms with Gasteiger partial charge >= 0.3 is 6.03 Å². The van der Waals surface area contributed by atoms with Gasteiger partial charge in [0.1, 0.15) is 11.5 Å². The zero-order valence-corrected chi connectivity index (χ0v) is 22.0. The molecule has 0 aromatic carbocycles. The van der Waals surface area contributed by atoms with Crippen molar-refractivity contribution in [3.63, 3.8) is 0 Å². The van der Waals surface area contributed by atoms with Gasteiger partial charge in [0, 0.05) is 82.8 Å². The van der Waals surface area contributed by atoms with Crippen molar-refractivity contribution < 1.29 is 14.4 Å². The Kier molecular flexibility index (Phi) is 8.18. The number of urea groups is 1. The van der Waals surface area contributed by atoms with E-state index in [1.165, 1.54) is 11.3 Å². The summed E-state index contributed by atoms with van der Waals surface area (Å²) < 4.78 is 0. The van der Waals surface area contributed by atoms with Crippen LogP contribution in [0.1, 0.15) is 53.5 Å². The minimum atomic E-state index is -0.160. The fourth-order valence-corrected chi connectivity index (χ4v) is 6.24. The molecule has 10 nitrogen and oxygen atoms in total. The SMILES string of the molecule is O=C(NCCCN1CCCC1=O)c1csc(C2CCN(C(=O)N3CCN(c4ccccn4)CC3)CC2)n1. The van der Waals surface area contributed by atoms with Gasteiger partial charge in [-0.05, 0) is 37.8 Å². The summed E-state index contributed by atoms with van der Waals surface area (Å²) in [6.07, 6.45) is 5.85. The molecule has 1 N–H and O–H groups in total. The van der Waals surface area contributed by atoms with Gasteiger partial charge in [-0.25, -0.2) is 14.8 Å². The van der Waals surface area contributed by atoms with E-state index >= 15 is 0 Å². The zero-order chi connectivity index (χ0) is 25.6. The van der Waals surface area contributed by atoms with E-state index in [1.54, 1.807) is 6.20 Å². The minimum absolute atomic E-state index is 0.119. The Morgan fingerprint density at radius 3 is 2.51 bits per heavy atom. The normalized spacial score (nSPS) is 19.0. The van der Waals surface area contributed by atoms with Crippen LogP contribution in [0, 0.1) is 0 Å². The van der Waals surface area contributed by atoms with Crippen molar-refractivity contribution in [1.29, 1.82) is 0 Å². The average molecular weight is 526 g/mol. The van der Waals surface area contributed by atoms with Crippen LogP contribution >= 0.6 is 11.3 Å². The van der Waals surface area contributed by atoms with Gasteiger partial charge in [-0.3, -0.25) is 9.59 Å². The number of piperazine rings is 1. The van der Waals surface area contributed by atoms with Gasteiger partial charge in [-0.2, -0.15) is 0 Å². The standard InChI is InChI=1S/C26H35N7O3S/c34-23-6-3-11-31(23)12-4-10-28-24(35)21-19-37-25(29-21)20-7-13-32(14-8-20)26(36)33-17-15-30(16-18-33)22-5-1-2-9-27-22/h1-2,5,9,19-20H,3-4,6-8,10-18H2,(H,28,35). The topological polar surface area (TPSA) is 102 Å². The molecule has 0 saturated carbocycles. The van der Waals surface area contributed by atoms with E-state index < -0.39 is 0 Å². The lowest BCUT2D eigenvalue weighted by Gasteiger charge is -2.39. The molecule has 11 heteroatoms. The monoisotopic (exact) mass is 525 g/mol. The summed E-state index contributed by atoms with van der Waals surface area (Å²) in [5.41, 5.74) is 0.460. The lowest BCUT2D eigenvalue weighted by molar-refractivity contribution is -0.127. The predicted octanol–water partition coefficient (Wildman–Crippen LogP) is 2.40. The van der Waals surface area contributed by atoms with Crippen molar-refractivity contribution in [3.05, 3.63) is 40.5 Å². The first kappa shape index (κ1) is 25.4. The Labute approximate surface area is 221 Å². The van der Waals surface area contributed by atoms with Crippen LogP contribution in [-0.4, -0.2) is 101 Å². The molecule has 0 unspecified atom stereocenters. The number of hydrogen-bond acceptors (Lipinski definition) is 7. The number of piperidine rings is 1. The molecule has 37 heavy (non-hydrogen) atoms. The Morgan fingerprint density at radius 1 is 1.03 bits per heavy atom. The van der Waals surface area contributed by atoms with Crippen molar-refractivity contribution in [1.82, 2.24) is 30.0 Å². The third-order valence-electron chi connectivity index (χ3n) is 7.45. The molecular formula is C26H35N7O3S. The van der Waals surface area contributed by atoms with E-state index in [0.29, 0.717) is 51.4 Å². The molecule has 0 radical (unpaired) electrons. The average Bonchev–Trinajstić information content (AvgIpc) is 3.61. The summed E-state index contributed by atoms with van der Waals surface area (Å²) in [6.45, 7) is 6.46. The van der Waals surface area contributed by atoms with E-state index in [2.05, 4.69) is 20.2 Å². The van der Waals surface area contributed by atoms with Crippen LogP contribution in [0.25, 0.3) is 0 Å². The van der Waals surface area contributed by atoms with Gasteiger partial charge < -0.3 is 24.9 Å². The maximum atomic E-state index is 13.1. The van der Waals surface area contributed by atoms with Crippen LogP contribution < -0.4 is 10.2 Å². The number of thiazole rings is 1. The molecule has 3 fully saturated rings. The van der Waals surface area contributed by atoms with Crippen molar-refractivity contribution >= 4 is 35.0 Å². The number of amides is 4. The molecule has 0 aliphatic carbocycles. The number of pyridine rings is 1. The van der Waals surface area contributed by atoms with Gasteiger partial charge in [0.2, 0.25) is 5.91 Å². The minimum Gasteiger partial charge on any atom is -0.353 e. The summed E-state index contributed by atoms with van der Waals surface area (Å²) in [4.78, 5) is 54.3. The molecule has 3 aliphatic rings. The van der Waals surface area contributed by atoms with Crippen LogP contribution in [-0.2, 0) is 4.79 Å². The molecule has 2 aromatic rings. The maximum absolute atomic E-state index is 13.1. The number of carbonyl (C=O) groups excluding carboxylic acids is 3. The molecule has 198 valence electrons. The summed E-state index contributed by atoms with van der Waals surface area (Å²) >= 11 is 1.53. The number of nitrogens with zero attached hydrogens (tertiary/aromatic N) is 6. The van der Waals surface area contributed by atoms with E-state index in [4.69, 9.17) is 0 Å². The zero-order valence-electron chi connectivity index (χ0n) is 21.2. The van der Waals surface area contributed by atoms with Gasteiger partial charge in [0.25, 0.3) is 5.91 Å². The number of hydrogen-bond donors (Lipinski definition) is 1. The lowest BCUT2D eigenvalue weighted by atomic mass is 9.98. The maximum Gasteiger partial charge on any atom is 0.320 e. The molecule has 3 saturated heterocycles. The van der Waals surface area contributed by atoms with Gasteiger partial charge in [0.05, 0.1) is 5.01 Å². The van der Waals surface area contributed by atoms with Gasteiger partial charge in [0.15, 0.2) is 0 Å². The second kappa shape index (κ2) is 11.9. The summed E-state index contributed by atoms with van der Waals surface area (Å²) in [6, 6.07) is 6.03. The van der Waals surface area contributed by atoms with Crippen LogP contribution in [0.15, 0.2) is 29.8 Å². The third kappa shape index (κ3) is 6.20. The molecule has 5 rings (SSSR count). The fourth-order valence-electron chi connectivity index (χ4n) is 5.27. The molecule has 4 amide bonds. The Morgan fingerprint density at radius 2 is 1.81 bits per heavy atom. The highest BCUT2D eigenvalue weighted by Gasteiger charge is 2.30. The fraction of sp³-hybridized carbons (Fsp3) is 0.577. The number of aromatic nitrogens is 2. The van der Waals surface area contributed by atoms with Gasteiger partial charge in [-0.15, -0.1) is 11.3 Å². The first-order valence-electron chi connectivity index (χ1n) is 13.3. The summed E-state index contributed by atoms with van der Waals surface area (Å²) in [7, 11) is 0. The Bertz CT molecular complexity index is 1080. The van der Waals surface area contributed by atoms with E-state index in [9.17, 15) is 14.4 Å². The molecule has 0 bridgehead atoms. The first-order chi connectivity index (χ1) is 18.1. The van der Waals surface area contributed by atoms with Crippen molar-refractivity contribution in [2.45, 2.75) is 38.0 Å². The number of rotatable bonds is 7. The van der Waals surface area contributed by atoms with Crippen molar-refractivity contribution in [3.8, 4) is 0 Å². The highest BCUT2D eigenvalue weighted by molar-refractivity contribution is 7.09. The van der Waals surface area contributed by atoms with Crippen LogP contribution in [0.2, 0.25) is 0 Å². The summed E-state index contributed by atoms with van der Waals surface area (Å²) in [5.74, 6) is 1.29. The van der Waals surface area contributed by atoms with Crippen molar-refractivity contribution in [2.24, 2.45) is 0 Å². The number of likely N-dealkylation sites (tertiary alicyclic amines) is 2. The van der Waals surface area contributed by atoms with E-state index in [1.807, 2.05) is 38.3 Å². The second-order valence-electron chi connectivity index (χ2n) is 9.87. The Hall–Kier alpha value is -3.21. The molecule has 2 aromatic heterocycles. The second-order valence-corrected chi connectivity index (χ2v) is 10.8. The van der Waals surface area contributed by atoms with Gasteiger partial charge in [-0.1, -0.05) is 6.07 Å². The largest absolute Gasteiger partial charge is 0.353 e. The van der Waals surface area contributed by atoms with Crippen LogP contribution in [0.3, 0.4) is 0 Å². The highest BCUT2D eigenvalue weighted by atomic mass is 32.1. The summed E-state index contributed by atoms with van der Waals surface area (Å²) in [5, 5.41) is 5.73. The molecule has 5 heterocycles. The van der Waals surface area contributed by atoms with E-state index in [-0.39, 0.29) is 23.8 Å². The van der Waals surface area contributed by atoms with Crippen molar-refractivity contribution in [2.75, 3.05) is 63.8 Å². The number of carbonyl (C=O) groups is 3. The highest BCUT2D eigenvalue weighted by Crippen LogP contribution is 2.31. The molecule has 3 aliphatic heterocycles. The number of anilines is 1. The predicted molar refractivity (Wildman–Crippen MR) is 142 cm³/mol. The smallest absolute Gasteiger partial charge is 0.320 e. The van der Waals surface area contributed by atoms with Crippen LogP contribution in [0.4, 0.5) is 10.6 Å².